The predicted molar refractivity (Wildman–Crippen MR) is 123 cm³/mol. The van der Waals surface area contributed by atoms with Crippen molar-refractivity contribution in [3.05, 3.63) is 71.1 Å². The Labute approximate surface area is 190 Å². The van der Waals surface area contributed by atoms with E-state index in [1.54, 1.807) is 6.07 Å². The summed E-state index contributed by atoms with van der Waals surface area (Å²) in [5, 5.41) is 2.56. The average molecular weight is 456 g/mol. The highest BCUT2D eigenvalue weighted by Gasteiger charge is 2.20. The third-order valence-corrected chi connectivity index (χ3v) is 5.35. The molecule has 0 atom stereocenters. The van der Waals surface area contributed by atoms with Gasteiger partial charge in [-0.3, -0.25) is 4.79 Å². The van der Waals surface area contributed by atoms with Crippen molar-refractivity contribution >= 4 is 34.8 Å². The molecule has 166 valence electrons. The molecule has 0 saturated carbocycles. The van der Waals surface area contributed by atoms with Gasteiger partial charge in [-0.15, -0.1) is 0 Å². The molecular weight excluding hydrogens is 433 g/mol. The molecule has 1 aromatic heterocycles. The maximum Gasteiger partial charge on any atom is 0.262 e. The molecule has 2 aromatic carbocycles. The first-order valence-electron chi connectivity index (χ1n) is 10.3. The highest BCUT2D eigenvalue weighted by molar-refractivity contribution is 6.31. The van der Waals surface area contributed by atoms with E-state index in [1.807, 2.05) is 25.1 Å². The van der Waals surface area contributed by atoms with Crippen LogP contribution in [0.4, 0.5) is 21.7 Å². The molecule has 0 aliphatic carbocycles. The van der Waals surface area contributed by atoms with E-state index >= 15 is 0 Å². The molecule has 1 N–H and O–H groups in total. The second-order valence-electron chi connectivity index (χ2n) is 7.42. The number of nitrogens with zero attached hydrogens (tertiary/aromatic N) is 4. The fraction of sp³-hybridized carbons (Fsp3) is 0.261. The van der Waals surface area contributed by atoms with Crippen LogP contribution in [0.1, 0.15) is 5.69 Å². The highest BCUT2D eigenvalue weighted by Crippen LogP contribution is 2.21. The quantitative estimate of drug-likeness (QED) is 0.607. The Morgan fingerprint density at radius 1 is 1.06 bits per heavy atom. The van der Waals surface area contributed by atoms with Gasteiger partial charge in [0.1, 0.15) is 5.82 Å². The summed E-state index contributed by atoms with van der Waals surface area (Å²) < 4.78 is 18.8. The number of amides is 1. The van der Waals surface area contributed by atoms with Crippen molar-refractivity contribution in [3.63, 3.8) is 0 Å². The van der Waals surface area contributed by atoms with Crippen LogP contribution in [0.5, 0.6) is 5.88 Å². The number of aryl methyl sites for hydroxylation is 1. The van der Waals surface area contributed by atoms with Crippen LogP contribution in [0, 0.1) is 12.7 Å². The fourth-order valence-electron chi connectivity index (χ4n) is 3.45. The number of aromatic nitrogens is 2. The van der Waals surface area contributed by atoms with Gasteiger partial charge in [0.05, 0.1) is 5.02 Å². The lowest BCUT2D eigenvalue weighted by atomic mass is 10.2. The molecule has 0 radical (unpaired) electrons. The van der Waals surface area contributed by atoms with E-state index in [-0.39, 0.29) is 11.6 Å². The molecule has 9 heteroatoms. The Morgan fingerprint density at radius 3 is 2.50 bits per heavy atom. The SMILES string of the molecule is Cc1cc(OCC(=O)Nc2ccc(F)c(Cl)c2)nc(N2CCN(c3ccccc3)CC2)n1. The first kappa shape index (κ1) is 21.8. The van der Waals surface area contributed by atoms with Crippen molar-refractivity contribution in [2.45, 2.75) is 6.92 Å². The lowest BCUT2D eigenvalue weighted by Gasteiger charge is -2.36. The Kier molecular flexibility index (Phi) is 6.70. The van der Waals surface area contributed by atoms with E-state index < -0.39 is 11.7 Å². The van der Waals surface area contributed by atoms with Gasteiger partial charge in [-0.2, -0.15) is 4.98 Å². The van der Waals surface area contributed by atoms with Crippen molar-refractivity contribution in [1.29, 1.82) is 0 Å². The lowest BCUT2D eigenvalue weighted by molar-refractivity contribution is -0.118. The number of piperazine rings is 1. The maximum absolute atomic E-state index is 13.3. The molecule has 3 aromatic rings. The fourth-order valence-corrected chi connectivity index (χ4v) is 3.63. The third-order valence-electron chi connectivity index (χ3n) is 5.06. The minimum Gasteiger partial charge on any atom is -0.467 e. The molecule has 1 aliphatic rings. The van der Waals surface area contributed by atoms with Gasteiger partial charge < -0.3 is 19.9 Å². The van der Waals surface area contributed by atoms with E-state index in [4.69, 9.17) is 16.3 Å². The monoisotopic (exact) mass is 455 g/mol. The molecule has 0 spiro atoms. The number of carbonyl (C=O) groups is 1. The molecule has 0 bridgehead atoms. The van der Waals surface area contributed by atoms with Crippen LogP contribution in [-0.2, 0) is 4.79 Å². The van der Waals surface area contributed by atoms with Crippen LogP contribution in [0.3, 0.4) is 0 Å². The summed E-state index contributed by atoms with van der Waals surface area (Å²) >= 11 is 5.74. The van der Waals surface area contributed by atoms with E-state index in [1.165, 1.54) is 23.9 Å². The Morgan fingerprint density at radius 2 is 1.78 bits per heavy atom. The van der Waals surface area contributed by atoms with E-state index in [9.17, 15) is 9.18 Å². The normalized spacial score (nSPS) is 13.7. The minimum absolute atomic E-state index is 0.0628. The largest absolute Gasteiger partial charge is 0.467 e. The molecule has 1 aliphatic heterocycles. The summed E-state index contributed by atoms with van der Waals surface area (Å²) in [5.41, 5.74) is 2.34. The number of rotatable bonds is 6. The minimum atomic E-state index is -0.547. The number of halogens is 2. The van der Waals surface area contributed by atoms with Crippen LogP contribution >= 0.6 is 11.6 Å². The smallest absolute Gasteiger partial charge is 0.262 e. The van der Waals surface area contributed by atoms with Crippen molar-refractivity contribution in [2.75, 3.05) is 47.9 Å². The van der Waals surface area contributed by atoms with Gasteiger partial charge in [-0.05, 0) is 37.3 Å². The van der Waals surface area contributed by atoms with E-state index in [2.05, 4.69) is 37.2 Å². The number of ether oxygens (including phenoxy) is 1. The Balaban J connectivity index is 1.34. The predicted octanol–water partition coefficient (Wildman–Crippen LogP) is 3.92. The highest BCUT2D eigenvalue weighted by atomic mass is 35.5. The molecule has 1 fully saturated rings. The van der Waals surface area contributed by atoms with Crippen molar-refractivity contribution in [3.8, 4) is 5.88 Å². The van der Waals surface area contributed by atoms with Crippen molar-refractivity contribution in [1.82, 2.24) is 9.97 Å². The number of nitrogens with one attached hydrogen (secondary N) is 1. The summed E-state index contributed by atoms with van der Waals surface area (Å²) in [5.74, 6) is -0.0415. The van der Waals surface area contributed by atoms with Gasteiger partial charge in [-0.1, -0.05) is 29.8 Å². The van der Waals surface area contributed by atoms with Crippen LogP contribution in [0.25, 0.3) is 0 Å². The molecule has 4 rings (SSSR count). The second kappa shape index (κ2) is 9.82. The van der Waals surface area contributed by atoms with Crippen LogP contribution in [0.15, 0.2) is 54.6 Å². The van der Waals surface area contributed by atoms with E-state index in [0.717, 1.165) is 31.9 Å². The van der Waals surface area contributed by atoms with Gasteiger partial charge in [0.15, 0.2) is 6.61 Å². The van der Waals surface area contributed by atoms with E-state index in [0.29, 0.717) is 17.5 Å². The zero-order chi connectivity index (χ0) is 22.5. The number of anilines is 3. The zero-order valence-corrected chi connectivity index (χ0v) is 18.3. The lowest BCUT2D eigenvalue weighted by Crippen LogP contribution is -2.47. The molecule has 7 nitrogen and oxygen atoms in total. The third kappa shape index (κ3) is 5.45. The van der Waals surface area contributed by atoms with Gasteiger partial charge in [0.2, 0.25) is 11.8 Å². The average Bonchev–Trinajstić information content (AvgIpc) is 2.80. The molecule has 1 saturated heterocycles. The first-order chi connectivity index (χ1) is 15.5. The van der Waals surface area contributed by atoms with Gasteiger partial charge in [0, 0.05) is 49.3 Å². The number of hydrogen-bond acceptors (Lipinski definition) is 6. The van der Waals surface area contributed by atoms with Gasteiger partial charge >= 0.3 is 0 Å². The van der Waals surface area contributed by atoms with Crippen molar-refractivity contribution < 1.29 is 13.9 Å². The van der Waals surface area contributed by atoms with Crippen LogP contribution < -0.4 is 19.9 Å². The number of hydrogen-bond donors (Lipinski definition) is 1. The second-order valence-corrected chi connectivity index (χ2v) is 7.83. The van der Waals surface area contributed by atoms with Crippen LogP contribution in [-0.4, -0.2) is 48.7 Å². The van der Waals surface area contributed by atoms with Crippen molar-refractivity contribution in [2.24, 2.45) is 0 Å². The molecule has 32 heavy (non-hydrogen) atoms. The Bertz CT molecular complexity index is 1090. The topological polar surface area (TPSA) is 70.6 Å². The van der Waals surface area contributed by atoms with Gasteiger partial charge in [-0.25, -0.2) is 9.37 Å². The summed E-state index contributed by atoms with van der Waals surface area (Å²) in [6, 6.07) is 16.0. The summed E-state index contributed by atoms with van der Waals surface area (Å²) in [4.78, 5) is 25.6. The number of benzene rings is 2. The molecule has 1 amide bonds. The molecule has 0 unspecified atom stereocenters. The van der Waals surface area contributed by atoms with Crippen LogP contribution in [0.2, 0.25) is 5.02 Å². The summed E-state index contributed by atoms with van der Waals surface area (Å²) in [6.45, 7) is 4.90. The van der Waals surface area contributed by atoms with Gasteiger partial charge in [0.25, 0.3) is 5.91 Å². The maximum atomic E-state index is 13.3. The summed E-state index contributed by atoms with van der Waals surface area (Å²) in [6.07, 6.45) is 0. The summed E-state index contributed by atoms with van der Waals surface area (Å²) in [7, 11) is 0. The molecule has 2 heterocycles. The first-order valence-corrected chi connectivity index (χ1v) is 10.6. The number of carbonyl (C=O) groups excluding carboxylic acids is 1. The zero-order valence-electron chi connectivity index (χ0n) is 17.6. The number of para-hydroxylation sites is 1. The standard InChI is InChI=1S/C23H23ClFN5O2/c1-16-13-22(32-15-21(31)27-17-7-8-20(25)19(24)14-17)28-23(26-16)30-11-9-29(10-12-30)18-5-3-2-4-6-18/h2-8,13-14H,9-12,15H2,1H3,(H,27,31). The molecular formula is C23H23ClFN5O2. The Hall–Kier alpha value is -3.39.